The highest BCUT2D eigenvalue weighted by atomic mass is 35.5. The SMILES string of the molecule is CCc1cc(NCCC(=O)Nc2cc(C)c(Cl)cc2OC)nc(C)n1. The number of nitrogens with one attached hydrogen (secondary N) is 2. The first kappa shape index (κ1) is 19.0. The van der Waals surface area contributed by atoms with Crippen molar-refractivity contribution in [1.82, 2.24) is 9.97 Å². The lowest BCUT2D eigenvalue weighted by atomic mass is 10.2. The first-order valence-corrected chi connectivity index (χ1v) is 8.53. The molecule has 2 rings (SSSR count). The van der Waals surface area contributed by atoms with Gasteiger partial charge in [0, 0.05) is 35.8 Å². The first-order chi connectivity index (χ1) is 11.9. The van der Waals surface area contributed by atoms with Gasteiger partial charge in [0.25, 0.3) is 0 Å². The number of benzene rings is 1. The molecule has 134 valence electrons. The molecule has 0 unspecified atom stereocenters. The number of methoxy groups -OCH3 is 1. The molecular weight excluding hydrogens is 340 g/mol. The van der Waals surface area contributed by atoms with Gasteiger partial charge in [-0.05, 0) is 31.9 Å². The molecule has 0 saturated carbocycles. The van der Waals surface area contributed by atoms with Gasteiger partial charge in [-0.2, -0.15) is 0 Å². The Kier molecular flexibility index (Phi) is 6.58. The van der Waals surface area contributed by atoms with E-state index in [0.717, 1.165) is 23.5 Å². The van der Waals surface area contributed by atoms with E-state index in [0.29, 0.717) is 35.2 Å². The van der Waals surface area contributed by atoms with Gasteiger partial charge in [0.1, 0.15) is 17.4 Å². The summed E-state index contributed by atoms with van der Waals surface area (Å²) in [5, 5.41) is 6.62. The Balaban J connectivity index is 1.93. The fourth-order valence-electron chi connectivity index (χ4n) is 2.35. The largest absolute Gasteiger partial charge is 0.495 e. The Hall–Kier alpha value is -2.34. The lowest BCUT2D eigenvalue weighted by molar-refractivity contribution is -0.116. The Morgan fingerprint density at radius 3 is 2.68 bits per heavy atom. The second kappa shape index (κ2) is 8.67. The molecule has 6 nitrogen and oxygen atoms in total. The molecule has 0 saturated heterocycles. The maximum absolute atomic E-state index is 12.2. The lowest BCUT2D eigenvalue weighted by Gasteiger charge is -2.13. The molecule has 25 heavy (non-hydrogen) atoms. The molecule has 1 aromatic heterocycles. The molecule has 0 bridgehead atoms. The van der Waals surface area contributed by atoms with Crippen LogP contribution < -0.4 is 15.4 Å². The van der Waals surface area contributed by atoms with Crippen molar-refractivity contribution in [3.05, 3.63) is 40.3 Å². The number of aromatic nitrogens is 2. The Morgan fingerprint density at radius 2 is 2.00 bits per heavy atom. The minimum absolute atomic E-state index is 0.117. The maximum Gasteiger partial charge on any atom is 0.226 e. The number of carbonyl (C=O) groups is 1. The Labute approximate surface area is 153 Å². The summed E-state index contributed by atoms with van der Waals surface area (Å²) in [7, 11) is 1.54. The third kappa shape index (κ3) is 5.32. The second-order valence-corrected chi connectivity index (χ2v) is 6.08. The predicted molar refractivity (Wildman–Crippen MR) is 101 cm³/mol. The zero-order valence-corrected chi connectivity index (χ0v) is 15.7. The first-order valence-electron chi connectivity index (χ1n) is 8.15. The highest BCUT2D eigenvalue weighted by Crippen LogP contribution is 2.30. The zero-order valence-electron chi connectivity index (χ0n) is 14.9. The average molecular weight is 363 g/mol. The van der Waals surface area contributed by atoms with Crippen molar-refractivity contribution in [1.29, 1.82) is 0 Å². The van der Waals surface area contributed by atoms with E-state index in [4.69, 9.17) is 16.3 Å². The van der Waals surface area contributed by atoms with Gasteiger partial charge in [-0.15, -0.1) is 0 Å². The quantitative estimate of drug-likeness (QED) is 0.784. The second-order valence-electron chi connectivity index (χ2n) is 5.67. The topological polar surface area (TPSA) is 76.1 Å². The summed E-state index contributed by atoms with van der Waals surface area (Å²) in [6.45, 7) is 6.24. The fourth-order valence-corrected chi connectivity index (χ4v) is 2.50. The lowest BCUT2D eigenvalue weighted by Crippen LogP contribution is -2.17. The summed E-state index contributed by atoms with van der Waals surface area (Å²) in [4.78, 5) is 20.8. The summed E-state index contributed by atoms with van der Waals surface area (Å²) in [5.74, 6) is 1.87. The van der Waals surface area contributed by atoms with Crippen LogP contribution in [0.2, 0.25) is 5.02 Å². The van der Waals surface area contributed by atoms with Gasteiger partial charge in [0.2, 0.25) is 5.91 Å². The number of amides is 1. The van der Waals surface area contributed by atoms with E-state index in [9.17, 15) is 4.79 Å². The maximum atomic E-state index is 12.2. The van der Waals surface area contributed by atoms with Crippen molar-refractivity contribution < 1.29 is 9.53 Å². The highest BCUT2D eigenvalue weighted by molar-refractivity contribution is 6.31. The van der Waals surface area contributed by atoms with Crippen LogP contribution in [0.3, 0.4) is 0 Å². The number of ether oxygens (including phenoxy) is 1. The van der Waals surface area contributed by atoms with E-state index >= 15 is 0 Å². The van der Waals surface area contributed by atoms with E-state index < -0.39 is 0 Å². The van der Waals surface area contributed by atoms with E-state index in [-0.39, 0.29) is 5.91 Å². The number of aryl methyl sites for hydroxylation is 3. The third-order valence-electron chi connectivity index (χ3n) is 3.67. The summed E-state index contributed by atoms with van der Waals surface area (Å²) in [5.41, 5.74) is 2.46. The van der Waals surface area contributed by atoms with Crippen molar-refractivity contribution >= 4 is 29.0 Å². The molecule has 0 aliphatic carbocycles. The van der Waals surface area contributed by atoms with Gasteiger partial charge in [0.05, 0.1) is 12.8 Å². The standard InChI is InChI=1S/C18H23ClN4O2/c1-5-13-9-17(22-12(3)21-13)20-7-6-18(24)23-15-8-11(2)14(19)10-16(15)25-4/h8-10H,5-7H2,1-4H3,(H,23,24)(H,20,21,22). The molecular formula is C18H23ClN4O2. The Morgan fingerprint density at radius 1 is 1.24 bits per heavy atom. The number of carbonyl (C=O) groups excluding carboxylic acids is 1. The monoisotopic (exact) mass is 362 g/mol. The minimum Gasteiger partial charge on any atom is -0.495 e. The van der Waals surface area contributed by atoms with Crippen molar-refractivity contribution in [3.63, 3.8) is 0 Å². The summed E-state index contributed by atoms with van der Waals surface area (Å²) in [6, 6.07) is 5.39. The predicted octanol–water partition coefficient (Wildman–Crippen LogP) is 3.76. The normalized spacial score (nSPS) is 10.4. The molecule has 1 amide bonds. The van der Waals surface area contributed by atoms with Crippen LogP contribution >= 0.6 is 11.6 Å². The van der Waals surface area contributed by atoms with Crippen LogP contribution in [0.5, 0.6) is 5.75 Å². The molecule has 1 heterocycles. The molecule has 2 N–H and O–H groups in total. The van der Waals surface area contributed by atoms with Crippen LogP contribution in [0, 0.1) is 13.8 Å². The van der Waals surface area contributed by atoms with Gasteiger partial charge < -0.3 is 15.4 Å². The van der Waals surface area contributed by atoms with Crippen LogP contribution in [0.15, 0.2) is 18.2 Å². The molecule has 0 radical (unpaired) electrons. The molecule has 0 aliphatic rings. The van der Waals surface area contributed by atoms with Gasteiger partial charge in [-0.1, -0.05) is 18.5 Å². The van der Waals surface area contributed by atoms with Crippen molar-refractivity contribution in [2.45, 2.75) is 33.6 Å². The molecule has 0 spiro atoms. The van der Waals surface area contributed by atoms with Crippen LogP contribution in [0.1, 0.15) is 30.4 Å². The van der Waals surface area contributed by atoms with Crippen molar-refractivity contribution in [2.75, 3.05) is 24.3 Å². The molecule has 1 aromatic carbocycles. The Bertz CT molecular complexity index is 765. The van der Waals surface area contributed by atoms with E-state index in [1.54, 1.807) is 19.2 Å². The zero-order chi connectivity index (χ0) is 18.4. The number of rotatable bonds is 7. The molecule has 0 atom stereocenters. The number of halogens is 1. The van der Waals surface area contributed by atoms with Gasteiger partial charge in [0.15, 0.2) is 0 Å². The van der Waals surface area contributed by atoms with Crippen LogP contribution in [0.4, 0.5) is 11.5 Å². The van der Waals surface area contributed by atoms with Crippen LogP contribution in [-0.2, 0) is 11.2 Å². The summed E-state index contributed by atoms with van der Waals surface area (Å²) in [6.07, 6.45) is 1.14. The van der Waals surface area contributed by atoms with Crippen molar-refractivity contribution in [2.24, 2.45) is 0 Å². The summed E-state index contributed by atoms with van der Waals surface area (Å²) >= 11 is 6.08. The fraction of sp³-hybridized carbons (Fsp3) is 0.389. The van der Waals surface area contributed by atoms with E-state index in [1.807, 2.05) is 26.8 Å². The van der Waals surface area contributed by atoms with E-state index in [2.05, 4.69) is 20.6 Å². The molecule has 0 fully saturated rings. The number of hydrogen-bond acceptors (Lipinski definition) is 5. The molecule has 2 aromatic rings. The molecule has 7 heteroatoms. The van der Waals surface area contributed by atoms with E-state index in [1.165, 1.54) is 0 Å². The minimum atomic E-state index is -0.117. The van der Waals surface area contributed by atoms with Gasteiger partial charge in [-0.25, -0.2) is 9.97 Å². The third-order valence-corrected chi connectivity index (χ3v) is 4.07. The van der Waals surface area contributed by atoms with Crippen LogP contribution in [-0.4, -0.2) is 29.5 Å². The number of hydrogen-bond donors (Lipinski definition) is 2. The highest BCUT2D eigenvalue weighted by Gasteiger charge is 2.10. The van der Waals surface area contributed by atoms with Crippen molar-refractivity contribution in [3.8, 4) is 5.75 Å². The number of nitrogens with zero attached hydrogens (tertiary/aromatic N) is 2. The molecule has 0 aliphatic heterocycles. The average Bonchev–Trinajstić information content (AvgIpc) is 2.57. The van der Waals surface area contributed by atoms with Gasteiger partial charge in [-0.3, -0.25) is 4.79 Å². The smallest absolute Gasteiger partial charge is 0.226 e. The summed E-state index contributed by atoms with van der Waals surface area (Å²) < 4.78 is 5.26. The van der Waals surface area contributed by atoms with Gasteiger partial charge >= 0.3 is 0 Å². The number of anilines is 2. The van der Waals surface area contributed by atoms with Crippen LogP contribution in [0.25, 0.3) is 0 Å².